The van der Waals surface area contributed by atoms with Crippen molar-refractivity contribution in [2.45, 2.75) is 18.6 Å². The summed E-state index contributed by atoms with van der Waals surface area (Å²) in [5.74, 6) is 0.642. The lowest BCUT2D eigenvalue weighted by Gasteiger charge is -2.14. The molecular weight excluding hydrogens is 361 g/mol. The summed E-state index contributed by atoms with van der Waals surface area (Å²) in [7, 11) is 0. The van der Waals surface area contributed by atoms with Crippen LogP contribution in [0.5, 0.6) is 5.75 Å². The van der Waals surface area contributed by atoms with Gasteiger partial charge in [0.25, 0.3) is 6.43 Å². The summed E-state index contributed by atoms with van der Waals surface area (Å²) in [4.78, 5) is 12.9. The fourth-order valence-corrected chi connectivity index (χ4v) is 2.93. The van der Waals surface area contributed by atoms with E-state index < -0.39 is 19.2 Å². The van der Waals surface area contributed by atoms with Crippen molar-refractivity contribution >= 4 is 11.6 Å². The molecule has 0 aromatic carbocycles. The molecule has 0 bridgehead atoms. The predicted molar refractivity (Wildman–Crippen MR) is 92.9 cm³/mol. The first-order valence-electron chi connectivity index (χ1n) is 8.43. The smallest absolute Gasteiger partial charge is 0.272 e. The Morgan fingerprint density at radius 1 is 1.30 bits per heavy atom. The lowest BCUT2D eigenvalue weighted by atomic mass is 10.2. The number of rotatable bonds is 6. The van der Waals surface area contributed by atoms with Crippen LogP contribution in [0.4, 0.5) is 19.1 Å². The zero-order valence-corrected chi connectivity index (χ0v) is 14.1. The molecular formula is C17H17F3N6O. The number of hydrogen-bond donors (Lipinski definition) is 2. The van der Waals surface area contributed by atoms with Gasteiger partial charge < -0.3 is 15.4 Å². The molecule has 10 heteroatoms. The number of pyridine rings is 1. The summed E-state index contributed by atoms with van der Waals surface area (Å²) in [5, 5.41) is 5.96. The molecule has 0 radical (unpaired) electrons. The molecule has 142 valence electrons. The third-order valence-electron chi connectivity index (χ3n) is 4.23. The average Bonchev–Trinajstić information content (AvgIpc) is 3.26. The lowest BCUT2D eigenvalue weighted by Crippen LogP contribution is -2.30. The number of nitrogens with one attached hydrogen (secondary N) is 2. The van der Waals surface area contributed by atoms with Gasteiger partial charge in [0.15, 0.2) is 0 Å². The molecule has 1 fully saturated rings. The highest BCUT2D eigenvalue weighted by molar-refractivity contribution is 5.62. The van der Waals surface area contributed by atoms with E-state index in [0.29, 0.717) is 41.8 Å². The van der Waals surface area contributed by atoms with Crippen LogP contribution in [0.2, 0.25) is 0 Å². The second kappa shape index (κ2) is 7.39. The van der Waals surface area contributed by atoms with Crippen LogP contribution in [0, 0.1) is 0 Å². The number of aromatic nitrogens is 4. The van der Waals surface area contributed by atoms with Crippen LogP contribution in [-0.2, 0) is 0 Å². The number of halogens is 3. The van der Waals surface area contributed by atoms with Crippen molar-refractivity contribution in [3.63, 3.8) is 0 Å². The largest absolute Gasteiger partial charge is 0.487 e. The van der Waals surface area contributed by atoms with E-state index in [2.05, 4.69) is 25.6 Å². The van der Waals surface area contributed by atoms with Gasteiger partial charge in [-0.15, -0.1) is 0 Å². The monoisotopic (exact) mass is 378 g/mol. The third kappa shape index (κ3) is 3.80. The molecule has 7 nitrogen and oxygen atoms in total. The maximum absolute atomic E-state index is 13.8. The SMILES string of the molecule is FC(F)COc1ccn2c(-c3ccnc(N[C@H]4CNC[C@@H]4F)n3)cnc2c1. The molecule has 3 aromatic rings. The van der Waals surface area contributed by atoms with Gasteiger partial charge in [-0.3, -0.25) is 4.40 Å². The van der Waals surface area contributed by atoms with Gasteiger partial charge in [-0.2, -0.15) is 0 Å². The van der Waals surface area contributed by atoms with Gasteiger partial charge in [-0.05, 0) is 12.1 Å². The van der Waals surface area contributed by atoms with Crippen LogP contribution in [0.1, 0.15) is 0 Å². The Morgan fingerprint density at radius 2 is 2.19 bits per heavy atom. The first-order chi connectivity index (χ1) is 13.1. The number of fused-ring (bicyclic) bond motifs is 1. The van der Waals surface area contributed by atoms with Crippen LogP contribution in [0.15, 0.2) is 36.8 Å². The molecule has 0 amide bonds. The van der Waals surface area contributed by atoms with E-state index in [1.165, 1.54) is 0 Å². The Bertz CT molecular complexity index is 934. The Morgan fingerprint density at radius 3 is 2.96 bits per heavy atom. The van der Waals surface area contributed by atoms with Crippen molar-refractivity contribution in [1.29, 1.82) is 0 Å². The molecule has 1 saturated heterocycles. The maximum Gasteiger partial charge on any atom is 0.272 e. The average molecular weight is 378 g/mol. The third-order valence-corrected chi connectivity index (χ3v) is 4.23. The van der Waals surface area contributed by atoms with E-state index in [1.54, 1.807) is 41.2 Å². The zero-order valence-electron chi connectivity index (χ0n) is 14.1. The van der Waals surface area contributed by atoms with Crippen LogP contribution in [-0.4, -0.2) is 57.7 Å². The number of alkyl halides is 3. The molecule has 1 aliphatic heterocycles. The number of nitrogens with zero attached hydrogens (tertiary/aromatic N) is 4. The quantitative estimate of drug-likeness (QED) is 0.685. The van der Waals surface area contributed by atoms with Crippen LogP contribution in [0.25, 0.3) is 17.0 Å². The Balaban J connectivity index is 1.57. The highest BCUT2D eigenvalue weighted by Crippen LogP contribution is 2.23. The standard InChI is InChI=1S/C17H17F3N6O/c18-11-6-21-7-13(11)25-17-22-3-1-12(24-17)14-8-23-16-5-10(2-4-26(14)16)27-9-15(19)20/h1-5,8,11,13,15,21H,6-7,9H2,(H,22,24,25)/t11-,13-/m0/s1. The van der Waals surface area contributed by atoms with Gasteiger partial charge >= 0.3 is 0 Å². The highest BCUT2D eigenvalue weighted by atomic mass is 19.3. The van der Waals surface area contributed by atoms with E-state index in [-0.39, 0.29) is 6.04 Å². The van der Waals surface area contributed by atoms with E-state index in [9.17, 15) is 13.2 Å². The van der Waals surface area contributed by atoms with Crippen LogP contribution >= 0.6 is 0 Å². The molecule has 3 aromatic heterocycles. The molecule has 0 saturated carbocycles. The van der Waals surface area contributed by atoms with E-state index in [4.69, 9.17) is 4.74 Å². The van der Waals surface area contributed by atoms with Crippen LogP contribution in [0.3, 0.4) is 0 Å². The van der Waals surface area contributed by atoms with Gasteiger partial charge in [-0.1, -0.05) is 0 Å². The highest BCUT2D eigenvalue weighted by Gasteiger charge is 2.27. The summed E-state index contributed by atoms with van der Waals surface area (Å²) >= 11 is 0. The van der Waals surface area contributed by atoms with Gasteiger partial charge in [0.1, 0.15) is 24.2 Å². The molecule has 0 aliphatic carbocycles. The summed E-state index contributed by atoms with van der Waals surface area (Å²) in [6.45, 7) is 0.141. The number of imidazole rings is 1. The van der Waals surface area contributed by atoms with Gasteiger partial charge in [0.05, 0.1) is 23.6 Å². The second-order valence-electron chi connectivity index (χ2n) is 6.13. The Labute approximate surface area is 152 Å². The molecule has 2 N–H and O–H groups in total. The van der Waals surface area contributed by atoms with Crippen molar-refractivity contribution < 1.29 is 17.9 Å². The van der Waals surface area contributed by atoms with Crippen LogP contribution < -0.4 is 15.4 Å². The minimum absolute atomic E-state index is 0.306. The van der Waals surface area contributed by atoms with Crippen molar-refractivity contribution in [3.8, 4) is 17.1 Å². The molecule has 0 spiro atoms. The Kier molecular flexibility index (Phi) is 4.80. The van der Waals surface area contributed by atoms with Gasteiger partial charge in [0, 0.05) is 31.5 Å². The summed E-state index contributed by atoms with van der Waals surface area (Å²) < 4.78 is 45.1. The molecule has 0 unspecified atom stereocenters. The lowest BCUT2D eigenvalue weighted by molar-refractivity contribution is 0.0819. The number of hydrogen-bond acceptors (Lipinski definition) is 6. The van der Waals surface area contributed by atoms with Gasteiger partial charge in [-0.25, -0.2) is 28.1 Å². The number of ether oxygens (including phenoxy) is 1. The maximum atomic E-state index is 13.8. The van der Waals surface area contributed by atoms with Crippen molar-refractivity contribution in [2.24, 2.45) is 0 Å². The summed E-state index contributed by atoms with van der Waals surface area (Å²) in [6, 6.07) is 4.50. The predicted octanol–water partition coefficient (Wildman–Crippen LogP) is 2.16. The first kappa shape index (κ1) is 17.5. The Hall–Kier alpha value is -2.88. The normalized spacial score (nSPS) is 19.7. The molecule has 4 heterocycles. The zero-order chi connectivity index (χ0) is 18.8. The molecule has 1 aliphatic rings. The van der Waals surface area contributed by atoms with Crippen molar-refractivity contribution in [3.05, 3.63) is 36.8 Å². The fourth-order valence-electron chi connectivity index (χ4n) is 2.93. The number of anilines is 1. The summed E-state index contributed by atoms with van der Waals surface area (Å²) in [6.07, 6.45) is 1.33. The van der Waals surface area contributed by atoms with Crippen molar-refractivity contribution in [1.82, 2.24) is 24.7 Å². The molecule has 27 heavy (non-hydrogen) atoms. The van der Waals surface area contributed by atoms with E-state index >= 15 is 0 Å². The molecule has 4 rings (SSSR count). The fraction of sp³-hybridized carbons (Fsp3) is 0.353. The minimum Gasteiger partial charge on any atom is -0.487 e. The van der Waals surface area contributed by atoms with Crippen molar-refractivity contribution in [2.75, 3.05) is 25.0 Å². The van der Waals surface area contributed by atoms with E-state index in [1.807, 2.05) is 0 Å². The van der Waals surface area contributed by atoms with Gasteiger partial charge in [0.2, 0.25) is 5.95 Å². The minimum atomic E-state index is -2.54. The summed E-state index contributed by atoms with van der Waals surface area (Å²) in [5.41, 5.74) is 1.83. The first-order valence-corrected chi connectivity index (χ1v) is 8.43. The topological polar surface area (TPSA) is 76.4 Å². The van der Waals surface area contributed by atoms with E-state index in [0.717, 1.165) is 0 Å². The molecule has 2 atom stereocenters. The second-order valence-corrected chi connectivity index (χ2v) is 6.13.